The normalized spacial score (nSPS) is 10.8. The summed E-state index contributed by atoms with van der Waals surface area (Å²) in [5.74, 6) is 0. The highest BCUT2D eigenvalue weighted by atomic mass is 79.9. The summed E-state index contributed by atoms with van der Waals surface area (Å²) in [6, 6.07) is 1.38. The summed E-state index contributed by atoms with van der Waals surface area (Å²) >= 11 is 2.98. The van der Waals surface area contributed by atoms with Gasteiger partial charge in [0.15, 0.2) is 0 Å². The van der Waals surface area contributed by atoms with Crippen molar-refractivity contribution < 1.29 is 8.78 Å². The molecule has 0 amide bonds. The van der Waals surface area contributed by atoms with E-state index in [-0.39, 0.29) is 12.1 Å². The summed E-state index contributed by atoms with van der Waals surface area (Å²) in [5, 5.41) is 0. The van der Waals surface area contributed by atoms with Gasteiger partial charge in [-0.3, -0.25) is 4.79 Å². The Morgan fingerprint density at radius 3 is 2.69 bits per heavy atom. The summed E-state index contributed by atoms with van der Waals surface area (Å²) in [4.78, 5) is 13.3. The molecule has 3 N–H and O–H groups in total. The van der Waals surface area contributed by atoms with Crippen molar-refractivity contribution in [2.45, 2.75) is 13.0 Å². The molecule has 0 aliphatic carbocycles. The SMILES string of the molecule is NCc1cc(Br)[nH]c(=O)c1C(F)F. The van der Waals surface area contributed by atoms with Crippen LogP contribution in [0.15, 0.2) is 15.5 Å². The van der Waals surface area contributed by atoms with Gasteiger partial charge >= 0.3 is 0 Å². The molecule has 0 spiro atoms. The second-order valence-electron chi connectivity index (χ2n) is 2.39. The number of halogens is 3. The zero-order valence-corrected chi connectivity index (χ0v) is 8.07. The van der Waals surface area contributed by atoms with E-state index >= 15 is 0 Å². The molecule has 3 nitrogen and oxygen atoms in total. The molecule has 13 heavy (non-hydrogen) atoms. The van der Waals surface area contributed by atoms with E-state index in [1.165, 1.54) is 6.07 Å². The van der Waals surface area contributed by atoms with Crippen LogP contribution in [-0.4, -0.2) is 4.98 Å². The first-order chi connectivity index (χ1) is 6.06. The molecule has 0 aromatic carbocycles. The van der Waals surface area contributed by atoms with Crippen LogP contribution in [0.4, 0.5) is 8.78 Å². The largest absolute Gasteiger partial charge is 0.326 e. The topological polar surface area (TPSA) is 58.9 Å². The Kier molecular flexibility index (Phi) is 3.16. The predicted octanol–water partition coefficient (Wildman–Crippen LogP) is 1.53. The third-order valence-corrected chi connectivity index (χ3v) is 1.99. The van der Waals surface area contributed by atoms with Crippen molar-refractivity contribution in [1.82, 2.24) is 4.98 Å². The highest BCUT2D eigenvalue weighted by molar-refractivity contribution is 9.10. The first kappa shape index (κ1) is 10.3. The van der Waals surface area contributed by atoms with Gasteiger partial charge in [0.1, 0.15) is 0 Å². The van der Waals surface area contributed by atoms with Gasteiger partial charge in [0.2, 0.25) is 0 Å². The van der Waals surface area contributed by atoms with Crippen molar-refractivity contribution in [3.63, 3.8) is 0 Å². The van der Waals surface area contributed by atoms with Crippen LogP contribution in [0.5, 0.6) is 0 Å². The van der Waals surface area contributed by atoms with E-state index in [1.807, 2.05) is 0 Å². The maximum absolute atomic E-state index is 12.3. The van der Waals surface area contributed by atoms with E-state index in [9.17, 15) is 13.6 Å². The number of nitrogens with two attached hydrogens (primary N) is 1. The quantitative estimate of drug-likeness (QED) is 0.785. The van der Waals surface area contributed by atoms with Crippen LogP contribution in [-0.2, 0) is 6.54 Å². The third-order valence-electron chi connectivity index (χ3n) is 1.56. The van der Waals surface area contributed by atoms with Crippen LogP contribution in [0.1, 0.15) is 17.6 Å². The predicted molar refractivity (Wildman–Crippen MR) is 47.6 cm³/mol. The van der Waals surface area contributed by atoms with Gasteiger partial charge in [-0.2, -0.15) is 0 Å². The molecule has 0 aliphatic rings. The number of hydrogen-bond donors (Lipinski definition) is 2. The molecule has 0 saturated heterocycles. The van der Waals surface area contributed by atoms with E-state index in [0.29, 0.717) is 4.60 Å². The Balaban J connectivity index is 3.39. The lowest BCUT2D eigenvalue weighted by Gasteiger charge is -2.05. The molecular formula is C7H7BrF2N2O. The number of alkyl halides is 2. The number of pyridine rings is 1. The van der Waals surface area contributed by atoms with Crippen LogP contribution < -0.4 is 11.3 Å². The minimum Gasteiger partial charge on any atom is -0.326 e. The van der Waals surface area contributed by atoms with Crippen LogP contribution in [0.2, 0.25) is 0 Å². The molecule has 0 bridgehead atoms. The van der Waals surface area contributed by atoms with E-state index < -0.39 is 17.5 Å². The van der Waals surface area contributed by atoms with Crippen molar-refractivity contribution in [2.75, 3.05) is 0 Å². The fourth-order valence-corrected chi connectivity index (χ4v) is 1.45. The van der Waals surface area contributed by atoms with Gasteiger partial charge in [0.25, 0.3) is 12.0 Å². The average Bonchev–Trinajstić information content (AvgIpc) is 2.01. The van der Waals surface area contributed by atoms with Gasteiger partial charge in [-0.1, -0.05) is 0 Å². The fourth-order valence-electron chi connectivity index (χ4n) is 0.997. The van der Waals surface area contributed by atoms with E-state index in [4.69, 9.17) is 5.73 Å². The summed E-state index contributed by atoms with van der Waals surface area (Å²) in [7, 11) is 0. The second-order valence-corrected chi connectivity index (χ2v) is 3.24. The van der Waals surface area contributed by atoms with E-state index in [1.54, 1.807) is 0 Å². The summed E-state index contributed by atoms with van der Waals surface area (Å²) in [6.45, 7) is -0.0812. The third kappa shape index (κ3) is 2.13. The highest BCUT2D eigenvalue weighted by Crippen LogP contribution is 2.20. The van der Waals surface area contributed by atoms with Crippen molar-refractivity contribution in [1.29, 1.82) is 0 Å². The van der Waals surface area contributed by atoms with Crippen molar-refractivity contribution >= 4 is 15.9 Å². The summed E-state index contributed by atoms with van der Waals surface area (Å²) in [6.07, 6.45) is -2.80. The first-order valence-corrected chi connectivity index (χ1v) is 4.25. The molecule has 1 aromatic heterocycles. The maximum atomic E-state index is 12.3. The molecule has 0 unspecified atom stereocenters. The number of H-pyrrole nitrogens is 1. The van der Waals surface area contributed by atoms with Gasteiger partial charge < -0.3 is 10.7 Å². The second kappa shape index (κ2) is 3.97. The van der Waals surface area contributed by atoms with Crippen molar-refractivity contribution in [2.24, 2.45) is 5.73 Å². The lowest BCUT2D eigenvalue weighted by Crippen LogP contribution is -2.18. The lowest BCUT2D eigenvalue weighted by atomic mass is 10.1. The number of hydrogen-bond acceptors (Lipinski definition) is 2. The summed E-state index contributed by atoms with van der Waals surface area (Å²) < 4.78 is 25.0. The van der Waals surface area contributed by atoms with Gasteiger partial charge in [-0.15, -0.1) is 0 Å². The van der Waals surface area contributed by atoms with Gasteiger partial charge in [0.05, 0.1) is 10.2 Å². The molecule has 0 fully saturated rings. The monoisotopic (exact) mass is 252 g/mol. The van der Waals surface area contributed by atoms with Crippen molar-refractivity contribution in [3.8, 4) is 0 Å². The smallest absolute Gasteiger partial charge is 0.269 e. The average molecular weight is 253 g/mol. The zero-order valence-electron chi connectivity index (χ0n) is 6.48. The number of aromatic nitrogens is 1. The Morgan fingerprint density at radius 1 is 1.62 bits per heavy atom. The number of nitrogens with one attached hydrogen (secondary N) is 1. The van der Waals surface area contributed by atoms with Crippen LogP contribution >= 0.6 is 15.9 Å². The lowest BCUT2D eigenvalue weighted by molar-refractivity contribution is 0.148. The van der Waals surface area contributed by atoms with Crippen LogP contribution in [0.3, 0.4) is 0 Å². The zero-order chi connectivity index (χ0) is 10.0. The molecule has 0 aliphatic heterocycles. The van der Waals surface area contributed by atoms with Crippen molar-refractivity contribution in [3.05, 3.63) is 32.2 Å². The molecule has 0 atom stereocenters. The van der Waals surface area contributed by atoms with Gasteiger partial charge in [-0.05, 0) is 27.6 Å². The molecule has 0 radical (unpaired) electrons. The maximum Gasteiger partial charge on any atom is 0.269 e. The van der Waals surface area contributed by atoms with Crippen LogP contribution in [0, 0.1) is 0 Å². The minimum absolute atomic E-state index is 0.0812. The Morgan fingerprint density at radius 2 is 2.23 bits per heavy atom. The van der Waals surface area contributed by atoms with Crippen LogP contribution in [0.25, 0.3) is 0 Å². The Hall–Kier alpha value is -0.750. The molecule has 72 valence electrons. The Labute approximate surface area is 81.1 Å². The number of rotatable bonds is 2. The van der Waals surface area contributed by atoms with Gasteiger partial charge in [-0.25, -0.2) is 8.78 Å². The molecule has 0 saturated carbocycles. The molecule has 1 rings (SSSR count). The first-order valence-electron chi connectivity index (χ1n) is 3.46. The summed E-state index contributed by atoms with van der Waals surface area (Å²) in [5.41, 5.74) is 4.03. The standard InChI is InChI=1S/C7H7BrF2N2O/c8-4-1-3(2-11)5(6(9)10)7(13)12-4/h1,6H,2,11H2,(H,12,13). The molecule has 6 heteroatoms. The fraction of sp³-hybridized carbons (Fsp3) is 0.286. The highest BCUT2D eigenvalue weighted by Gasteiger charge is 2.17. The number of aromatic amines is 1. The van der Waals surface area contributed by atoms with Gasteiger partial charge in [0, 0.05) is 6.54 Å². The Bertz CT molecular complexity index is 364. The van der Waals surface area contributed by atoms with E-state index in [0.717, 1.165) is 0 Å². The van der Waals surface area contributed by atoms with E-state index in [2.05, 4.69) is 20.9 Å². The molecule has 1 aromatic rings. The minimum atomic E-state index is -2.80. The molecule has 1 heterocycles. The molecular weight excluding hydrogens is 246 g/mol.